The van der Waals surface area contributed by atoms with E-state index in [4.69, 9.17) is 0 Å². The summed E-state index contributed by atoms with van der Waals surface area (Å²) in [6, 6.07) is 6.24. The van der Waals surface area contributed by atoms with Gasteiger partial charge in [-0.2, -0.15) is 0 Å². The van der Waals surface area contributed by atoms with Gasteiger partial charge in [-0.15, -0.1) is 0 Å². The highest BCUT2D eigenvalue weighted by Crippen LogP contribution is 2.25. The fraction of sp³-hybridized carbons (Fsp3) is 0.533. The van der Waals surface area contributed by atoms with Crippen molar-refractivity contribution in [2.75, 3.05) is 19.4 Å². The van der Waals surface area contributed by atoms with Crippen LogP contribution in [0.15, 0.2) is 29.2 Å². The van der Waals surface area contributed by atoms with Crippen molar-refractivity contribution in [2.24, 2.45) is 0 Å². The molecule has 0 heterocycles. The molecule has 0 aliphatic heterocycles. The van der Waals surface area contributed by atoms with E-state index in [0.717, 1.165) is 31.9 Å². The zero-order chi connectivity index (χ0) is 15.5. The summed E-state index contributed by atoms with van der Waals surface area (Å²) in [7, 11) is -3.34. The van der Waals surface area contributed by atoms with Crippen LogP contribution in [0.4, 0.5) is 0 Å². The van der Waals surface area contributed by atoms with Crippen molar-refractivity contribution in [2.45, 2.75) is 36.6 Å². The van der Waals surface area contributed by atoms with Gasteiger partial charge in [0, 0.05) is 24.4 Å². The monoisotopic (exact) mass is 311 g/mol. The summed E-state index contributed by atoms with van der Waals surface area (Å²) < 4.78 is 23.2. The zero-order valence-electron chi connectivity index (χ0n) is 12.2. The van der Waals surface area contributed by atoms with Gasteiger partial charge in [0.2, 0.25) is 0 Å². The molecular weight excluding hydrogens is 290 g/mol. The van der Waals surface area contributed by atoms with Crippen molar-refractivity contribution in [3.05, 3.63) is 29.8 Å². The molecule has 1 aromatic rings. The third kappa shape index (κ3) is 3.83. The fourth-order valence-corrected chi connectivity index (χ4v) is 3.47. The van der Waals surface area contributed by atoms with Gasteiger partial charge in [-0.25, -0.2) is 8.42 Å². The topological polar surface area (TPSA) is 74.7 Å². The van der Waals surface area contributed by atoms with Crippen LogP contribution in [-0.4, -0.2) is 49.8 Å². The highest BCUT2D eigenvalue weighted by Gasteiger charge is 2.27. The number of sulfone groups is 1. The second kappa shape index (κ2) is 6.58. The lowest BCUT2D eigenvalue weighted by atomic mass is 10.1. The Hall–Kier alpha value is -1.40. The Morgan fingerprint density at radius 2 is 2.00 bits per heavy atom. The largest absolute Gasteiger partial charge is 0.395 e. The SMILES string of the molecule is CS(=O)(=O)c1cccc(C(=O)N(CCO)C2CCCC2)c1. The molecule has 1 saturated carbocycles. The number of rotatable bonds is 5. The van der Waals surface area contributed by atoms with E-state index >= 15 is 0 Å². The van der Waals surface area contributed by atoms with Crippen LogP contribution in [0.1, 0.15) is 36.0 Å². The first-order valence-electron chi connectivity index (χ1n) is 7.15. The Labute approximate surface area is 125 Å². The maximum atomic E-state index is 12.6. The minimum atomic E-state index is -3.34. The van der Waals surface area contributed by atoms with Gasteiger partial charge < -0.3 is 10.0 Å². The van der Waals surface area contributed by atoms with Gasteiger partial charge in [-0.3, -0.25) is 4.79 Å². The number of carbonyl (C=O) groups is 1. The van der Waals surface area contributed by atoms with Crippen LogP contribution in [0.3, 0.4) is 0 Å². The Morgan fingerprint density at radius 3 is 2.57 bits per heavy atom. The first-order chi connectivity index (χ1) is 9.93. The molecule has 5 nitrogen and oxygen atoms in total. The molecule has 2 rings (SSSR count). The lowest BCUT2D eigenvalue weighted by Crippen LogP contribution is -2.40. The highest BCUT2D eigenvalue weighted by atomic mass is 32.2. The van der Waals surface area contributed by atoms with Crippen molar-refractivity contribution < 1.29 is 18.3 Å². The molecule has 1 aliphatic carbocycles. The molecule has 0 bridgehead atoms. The van der Waals surface area contributed by atoms with Crippen molar-refractivity contribution >= 4 is 15.7 Å². The third-order valence-electron chi connectivity index (χ3n) is 3.88. The molecule has 0 saturated heterocycles. The molecule has 1 N–H and O–H groups in total. The van der Waals surface area contributed by atoms with Crippen molar-refractivity contribution in [1.82, 2.24) is 4.90 Å². The number of carbonyl (C=O) groups excluding carboxylic acids is 1. The van der Waals surface area contributed by atoms with E-state index < -0.39 is 9.84 Å². The standard InChI is InChI=1S/C15H21NO4S/c1-21(19,20)14-8-4-5-12(11-14)15(18)16(9-10-17)13-6-2-3-7-13/h4-5,8,11,13,17H,2-3,6-7,9-10H2,1H3. The smallest absolute Gasteiger partial charge is 0.254 e. The minimum Gasteiger partial charge on any atom is -0.395 e. The molecule has 116 valence electrons. The fourth-order valence-electron chi connectivity index (χ4n) is 2.80. The number of amides is 1. The van der Waals surface area contributed by atoms with E-state index in [-0.39, 0.29) is 30.0 Å². The van der Waals surface area contributed by atoms with Crippen molar-refractivity contribution in [3.63, 3.8) is 0 Å². The van der Waals surface area contributed by atoms with Crippen LogP contribution >= 0.6 is 0 Å². The predicted molar refractivity (Wildman–Crippen MR) is 79.9 cm³/mol. The summed E-state index contributed by atoms with van der Waals surface area (Å²) in [6.45, 7) is 0.195. The van der Waals surface area contributed by atoms with Gasteiger partial charge in [0.1, 0.15) is 0 Å². The van der Waals surface area contributed by atoms with Crippen LogP contribution in [0.25, 0.3) is 0 Å². The lowest BCUT2D eigenvalue weighted by molar-refractivity contribution is 0.0638. The molecule has 0 atom stereocenters. The van der Waals surface area contributed by atoms with Gasteiger partial charge in [-0.05, 0) is 31.0 Å². The highest BCUT2D eigenvalue weighted by molar-refractivity contribution is 7.90. The molecule has 1 aromatic carbocycles. The van der Waals surface area contributed by atoms with Crippen molar-refractivity contribution in [1.29, 1.82) is 0 Å². The maximum absolute atomic E-state index is 12.6. The van der Waals surface area contributed by atoms with Crippen LogP contribution in [0.5, 0.6) is 0 Å². The number of hydrogen-bond donors (Lipinski definition) is 1. The first-order valence-corrected chi connectivity index (χ1v) is 9.04. The Morgan fingerprint density at radius 1 is 1.33 bits per heavy atom. The Bertz CT molecular complexity index is 606. The molecule has 1 fully saturated rings. The van der Waals surface area contributed by atoms with E-state index in [1.54, 1.807) is 17.0 Å². The third-order valence-corrected chi connectivity index (χ3v) is 4.99. The van der Waals surface area contributed by atoms with E-state index in [2.05, 4.69) is 0 Å². The molecule has 1 aliphatic rings. The van der Waals surface area contributed by atoms with E-state index in [0.29, 0.717) is 5.56 Å². The number of aliphatic hydroxyl groups excluding tert-OH is 1. The normalized spacial score (nSPS) is 16.1. The van der Waals surface area contributed by atoms with Gasteiger partial charge in [0.25, 0.3) is 5.91 Å². The van der Waals surface area contributed by atoms with E-state index in [1.165, 1.54) is 12.1 Å². The van der Waals surface area contributed by atoms with Gasteiger partial charge >= 0.3 is 0 Å². The molecule has 0 unspecified atom stereocenters. The Balaban J connectivity index is 2.28. The summed E-state index contributed by atoms with van der Waals surface area (Å²) in [5.41, 5.74) is 0.360. The van der Waals surface area contributed by atoms with Crippen molar-refractivity contribution in [3.8, 4) is 0 Å². The van der Waals surface area contributed by atoms with Crippen LogP contribution in [0.2, 0.25) is 0 Å². The lowest BCUT2D eigenvalue weighted by Gasteiger charge is -2.28. The number of benzene rings is 1. The second-order valence-electron chi connectivity index (χ2n) is 5.46. The number of aliphatic hydroxyl groups is 1. The average molecular weight is 311 g/mol. The Kier molecular flexibility index (Phi) is 5.00. The average Bonchev–Trinajstić information content (AvgIpc) is 2.97. The van der Waals surface area contributed by atoms with Crippen LogP contribution < -0.4 is 0 Å². The van der Waals surface area contributed by atoms with E-state index in [1.807, 2.05) is 0 Å². The summed E-state index contributed by atoms with van der Waals surface area (Å²) in [6.07, 6.45) is 5.18. The molecule has 21 heavy (non-hydrogen) atoms. The van der Waals surface area contributed by atoms with Gasteiger partial charge in [-0.1, -0.05) is 18.9 Å². The molecular formula is C15H21NO4S. The first kappa shape index (κ1) is 16.0. The molecule has 6 heteroatoms. The second-order valence-corrected chi connectivity index (χ2v) is 7.48. The summed E-state index contributed by atoms with van der Waals surface area (Å²) in [5, 5.41) is 9.19. The van der Waals surface area contributed by atoms with E-state index in [9.17, 15) is 18.3 Å². The number of hydrogen-bond acceptors (Lipinski definition) is 4. The van der Waals surface area contributed by atoms with Gasteiger partial charge in [0.15, 0.2) is 9.84 Å². The molecule has 1 amide bonds. The van der Waals surface area contributed by atoms with Crippen LogP contribution in [-0.2, 0) is 9.84 Å². The molecule has 0 aromatic heterocycles. The van der Waals surface area contributed by atoms with Crippen LogP contribution in [0, 0.1) is 0 Å². The summed E-state index contributed by atoms with van der Waals surface area (Å²) in [5.74, 6) is -0.207. The summed E-state index contributed by atoms with van der Waals surface area (Å²) in [4.78, 5) is 14.4. The molecule has 0 spiro atoms. The number of nitrogens with zero attached hydrogens (tertiary/aromatic N) is 1. The maximum Gasteiger partial charge on any atom is 0.254 e. The predicted octanol–water partition coefficient (Wildman–Crippen LogP) is 1.47. The van der Waals surface area contributed by atoms with Gasteiger partial charge in [0.05, 0.1) is 11.5 Å². The zero-order valence-corrected chi connectivity index (χ0v) is 13.0. The quantitative estimate of drug-likeness (QED) is 0.893. The molecule has 0 radical (unpaired) electrons. The summed E-state index contributed by atoms with van der Waals surface area (Å²) >= 11 is 0. The minimum absolute atomic E-state index is 0.0893.